The lowest BCUT2D eigenvalue weighted by molar-refractivity contribution is -0.123. The second-order valence-corrected chi connectivity index (χ2v) is 3.96. The Hall–Kier alpha value is -1.63. The van der Waals surface area contributed by atoms with Gasteiger partial charge in [-0.1, -0.05) is 0 Å². The topological polar surface area (TPSA) is 81.4 Å². The summed E-state index contributed by atoms with van der Waals surface area (Å²) in [6.07, 6.45) is 0. The lowest BCUT2D eigenvalue weighted by Crippen LogP contribution is -2.25. The number of nitrogens with one attached hydrogen (secondary N) is 1. The summed E-state index contributed by atoms with van der Waals surface area (Å²) < 4.78 is 17.9. The molecule has 92 valence electrons. The van der Waals surface area contributed by atoms with E-state index in [1.807, 2.05) is 0 Å². The Balaban J connectivity index is 2.82. The largest absolute Gasteiger partial charge is 0.452 e. The predicted molar refractivity (Wildman–Crippen MR) is 62.9 cm³/mol. The molecule has 0 atom stereocenters. The van der Waals surface area contributed by atoms with Gasteiger partial charge in [-0.05, 0) is 28.1 Å². The highest BCUT2D eigenvalue weighted by atomic mass is 79.9. The van der Waals surface area contributed by atoms with Crippen molar-refractivity contribution in [2.24, 2.45) is 0 Å². The Kier molecular flexibility index (Phi) is 4.45. The summed E-state index contributed by atoms with van der Waals surface area (Å²) in [4.78, 5) is 22.4. The molecule has 0 spiro atoms. The van der Waals surface area contributed by atoms with Crippen LogP contribution in [-0.4, -0.2) is 25.5 Å². The van der Waals surface area contributed by atoms with E-state index in [1.54, 1.807) is 0 Å². The first-order valence-corrected chi connectivity index (χ1v) is 5.37. The number of ether oxygens (including phenoxy) is 1. The number of rotatable bonds is 3. The van der Waals surface area contributed by atoms with Crippen LogP contribution in [0.4, 0.5) is 10.1 Å². The van der Waals surface area contributed by atoms with E-state index >= 15 is 0 Å². The third-order valence-corrected chi connectivity index (χ3v) is 2.58. The first kappa shape index (κ1) is 13.4. The van der Waals surface area contributed by atoms with Crippen LogP contribution in [0.5, 0.6) is 0 Å². The molecule has 0 aromatic heterocycles. The molecule has 0 saturated heterocycles. The van der Waals surface area contributed by atoms with E-state index in [1.165, 1.54) is 7.05 Å². The van der Waals surface area contributed by atoms with E-state index in [0.29, 0.717) is 0 Å². The van der Waals surface area contributed by atoms with Gasteiger partial charge in [0.2, 0.25) is 0 Å². The van der Waals surface area contributed by atoms with Crippen LogP contribution in [0.2, 0.25) is 0 Å². The molecule has 0 aliphatic heterocycles. The van der Waals surface area contributed by atoms with Crippen LogP contribution in [0.3, 0.4) is 0 Å². The fourth-order valence-electron chi connectivity index (χ4n) is 1.00. The van der Waals surface area contributed by atoms with E-state index in [2.05, 4.69) is 21.2 Å². The number of halogens is 2. The molecule has 1 rings (SSSR count). The van der Waals surface area contributed by atoms with Crippen molar-refractivity contribution < 1.29 is 18.7 Å². The highest BCUT2D eigenvalue weighted by molar-refractivity contribution is 9.10. The molecule has 3 N–H and O–H groups in total. The van der Waals surface area contributed by atoms with Crippen LogP contribution in [0.25, 0.3) is 0 Å². The van der Waals surface area contributed by atoms with Crippen LogP contribution in [0.15, 0.2) is 16.6 Å². The van der Waals surface area contributed by atoms with Gasteiger partial charge in [-0.2, -0.15) is 0 Å². The van der Waals surface area contributed by atoms with E-state index in [0.717, 1.165) is 12.1 Å². The van der Waals surface area contributed by atoms with Crippen molar-refractivity contribution in [1.29, 1.82) is 0 Å². The number of nitrogens with two attached hydrogens (primary N) is 1. The lowest BCUT2D eigenvalue weighted by atomic mass is 10.2. The summed E-state index contributed by atoms with van der Waals surface area (Å²) in [5.74, 6) is -1.84. The smallest absolute Gasteiger partial charge is 0.339 e. The normalized spacial score (nSPS) is 9.82. The van der Waals surface area contributed by atoms with Crippen molar-refractivity contribution in [3.63, 3.8) is 0 Å². The van der Waals surface area contributed by atoms with E-state index < -0.39 is 24.3 Å². The molecule has 17 heavy (non-hydrogen) atoms. The number of carbonyl (C=O) groups is 2. The molecule has 0 radical (unpaired) electrons. The zero-order chi connectivity index (χ0) is 13.0. The summed E-state index contributed by atoms with van der Waals surface area (Å²) in [5, 5.41) is 2.29. The fraction of sp³-hybridized carbons (Fsp3) is 0.200. The number of esters is 1. The average Bonchev–Trinajstić information content (AvgIpc) is 2.30. The Morgan fingerprint density at radius 2 is 2.18 bits per heavy atom. The van der Waals surface area contributed by atoms with Crippen molar-refractivity contribution in [3.05, 3.63) is 28.0 Å². The molecule has 0 aliphatic rings. The molecule has 0 heterocycles. The number of hydrogen-bond acceptors (Lipinski definition) is 4. The molecule has 0 unspecified atom stereocenters. The molecule has 0 bridgehead atoms. The van der Waals surface area contributed by atoms with Gasteiger partial charge >= 0.3 is 5.97 Å². The number of benzene rings is 1. The quantitative estimate of drug-likeness (QED) is 0.646. The predicted octanol–water partition coefficient (Wildman–Crippen LogP) is 1.07. The van der Waals surface area contributed by atoms with Crippen LogP contribution in [0, 0.1) is 5.82 Å². The van der Waals surface area contributed by atoms with Crippen LogP contribution >= 0.6 is 15.9 Å². The number of amides is 1. The van der Waals surface area contributed by atoms with Crippen LogP contribution in [-0.2, 0) is 9.53 Å². The van der Waals surface area contributed by atoms with Crippen molar-refractivity contribution in [1.82, 2.24) is 5.32 Å². The minimum atomic E-state index is -0.757. The van der Waals surface area contributed by atoms with Crippen LogP contribution in [0.1, 0.15) is 10.4 Å². The van der Waals surface area contributed by atoms with Gasteiger partial charge in [-0.25, -0.2) is 9.18 Å². The molecule has 5 nitrogen and oxygen atoms in total. The number of likely N-dealkylation sites (N-methyl/N-ethyl adjacent to an activating group) is 1. The molecule has 1 aromatic carbocycles. The van der Waals surface area contributed by atoms with Gasteiger partial charge in [0, 0.05) is 11.5 Å². The molecule has 0 fully saturated rings. The average molecular weight is 305 g/mol. The third kappa shape index (κ3) is 3.42. The highest BCUT2D eigenvalue weighted by Gasteiger charge is 2.15. The van der Waals surface area contributed by atoms with Crippen molar-refractivity contribution in [2.45, 2.75) is 0 Å². The molecule has 1 amide bonds. The van der Waals surface area contributed by atoms with Crippen molar-refractivity contribution >= 4 is 33.5 Å². The number of carbonyl (C=O) groups excluding carboxylic acids is 2. The Morgan fingerprint density at radius 1 is 1.53 bits per heavy atom. The maximum absolute atomic E-state index is 13.0. The highest BCUT2D eigenvalue weighted by Crippen LogP contribution is 2.23. The van der Waals surface area contributed by atoms with E-state index in [4.69, 9.17) is 10.5 Å². The third-order valence-electron chi connectivity index (χ3n) is 1.92. The summed E-state index contributed by atoms with van der Waals surface area (Å²) >= 11 is 3.01. The fourth-order valence-corrected chi connectivity index (χ4v) is 1.48. The maximum Gasteiger partial charge on any atom is 0.339 e. The standard InChI is InChI=1S/C10H10BrFN2O3/c1-14-9(15)4-17-10(16)5-2-8(13)7(12)3-6(5)11/h2-3H,4,13H2,1H3,(H,14,15). The molecule has 1 aromatic rings. The Morgan fingerprint density at radius 3 is 2.76 bits per heavy atom. The first-order valence-electron chi connectivity index (χ1n) is 4.58. The van der Waals surface area contributed by atoms with Crippen molar-refractivity contribution in [3.8, 4) is 0 Å². The zero-order valence-corrected chi connectivity index (χ0v) is 10.5. The molecular weight excluding hydrogens is 295 g/mol. The van der Waals surface area contributed by atoms with E-state index in [9.17, 15) is 14.0 Å². The molecular formula is C10H10BrFN2O3. The first-order chi connectivity index (χ1) is 7.95. The number of anilines is 1. The lowest BCUT2D eigenvalue weighted by Gasteiger charge is -2.07. The minimum absolute atomic E-state index is 0.0628. The molecule has 7 heteroatoms. The Labute approximate surface area is 105 Å². The van der Waals surface area contributed by atoms with Gasteiger partial charge in [-0.15, -0.1) is 0 Å². The summed E-state index contributed by atoms with van der Waals surface area (Å²) in [6, 6.07) is 2.21. The monoisotopic (exact) mass is 304 g/mol. The van der Waals surface area contributed by atoms with Gasteiger partial charge < -0.3 is 15.8 Å². The maximum atomic E-state index is 13.0. The number of nitrogen functional groups attached to an aromatic ring is 1. The minimum Gasteiger partial charge on any atom is -0.452 e. The second-order valence-electron chi connectivity index (χ2n) is 3.10. The molecule has 0 saturated carbocycles. The van der Waals surface area contributed by atoms with Gasteiger partial charge in [0.25, 0.3) is 5.91 Å². The van der Waals surface area contributed by atoms with Gasteiger partial charge in [0.15, 0.2) is 6.61 Å². The second kappa shape index (κ2) is 5.62. The van der Waals surface area contributed by atoms with E-state index in [-0.39, 0.29) is 15.7 Å². The van der Waals surface area contributed by atoms with Gasteiger partial charge in [0.1, 0.15) is 5.82 Å². The van der Waals surface area contributed by atoms with Crippen LogP contribution < -0.4 is 11.1 Å². The number of hydrogen-bond donors (Lipinski definition) is 2. The molecule has 0 aliphatic carbocycles. The summed E-state index contributed by atoms with van der Waals surface area (Å²) in [7, 11) is 1.42. The SMILES string of the molecule is CNC(=O)COC(=O)c1cc(N)c(F)cc1Br. The van der Waals surface area contributed by atoms with Crippen molar-refractivity contribution in [2.75, 3.05) is 19.4 Å². The van der Waals surface area contributed by atoms with Gasteiger partial charge in [-0.3, -0.25) is 4.79 Å². The van der Waals surface area contributed by atoms with Gasteiger partial charge in [0.05, 0.1) is 11.3 Å². The Bertz CT molecular complexity index is 465. The summed E-state index contributed by atoms with van der Waals surface area (Å²) in [6.45, 7) is -0.404. The zero-order valence-electron chi connectivity index (χ0n) is 8.92. The summed E-state index contributed by atoms with van der Waals surface area (Å²) in [5.41, 5.74) is 5.22.